The van der Waals surface area contributed by atoms with Crippen molar-refractivity contribution in [3.8, 4) is 11.1 Å². The van der Waals surface area contributed by atoms with E-state index in [0.29, 0.717) is 0 Å². The quantitative estimate of drug-likeness (QED) is 0.165. The molecule has 4 heteroatoms. The van der Waals surface area contributed by atoms with Crippen LogP contribution < -0.4 is 26.2 Å². The van der Waals surface area contributed by atoms with Crippen LogP contribution in [-0.2, 0) is 32.5 Å². The van der Waals surface area contributed by atoms with Gasteiger partial charge in [-0.15, -0.1) is 0 Å². The molecule has 72 heavy (non-hydrogen) atoms. The molecule has 0 spiro atoms. The lowest BCUT2D eigenvalue weighted by Gasteiger charge is -2.46. The van der Waals surface area contributed by atoms with Crippen molar-refractivity contribution in [2.24, 2.45) is 0 Å². The lowest BCUT2D eigenvalue weighted by atomic mass is 9.33. The van der Waals surface area contributed by atoms with Gasteiger partial charge in [0, 0.05) is 39.1 Å². The van der Waals surface area contributed by atoms with Crippen LogP contribution in [-0.4, -0.2) is 6.71 Å². The molecule has 3 nitrogen and oxygen atoms in total. The Labute approximate surface area is 431 Å². The molecule has 0 saturated carbocycles. The van der Waals surface area contributed by atoms with Crippen molar-refractivity contribution >= 4 is 79.2 Å². The smallest absolute Gasteiger partial charge is 0.252 e. The maximum Gasteiger partial charge on any atom is 0.252 e. The van der Waals surface area contributed by atoms with Crippen LogP contribution in [0.25, 0.3) is 33.1 Å². The third-order valence-electron chi connectivity index (χ3n) is 18.2. The summed E-state index contributed by atoms with van der Waals surface area (Å²) in [5, 5.41) is 2.38. The van der Waals surface area contributed by atoms with Gasteiger partial charge in [-0.2, -0.15) is 0 Å². The van der Waals surface area contributed by atoms with E-state index in [4.69, 9.17) is 4.42 Å². The third-order valence-corrected chi connectivity index (χ3v) is 18.2. The first kappa shape index (κ1) is 47.0. The van der Waals surface area contributed by atoms with E-state index in [1.54, 1.807) is 0 Å². The number of anilines is 6. The molecule has 7 aromatic carbocycles. The van der Waals surface area contributed by atoms with Crippen LogP contribution in [0.5, 0.6) is 0 Å². The maximum atomic E-state index is 7.55. The summed E-state index contributed by atoms with van der Waals surface area (Å²) >= 11 is 0. The third kappa shape index (κ3) is 6.96. The van der Waals surface area contributed by atoms with Gasteiger partial charge in [0.2, 0.25) is 0 Å². The average molecular weight is 947 g/mol. The summed E-state index contributed by atoms with van der Waals surface area (Å²) in [5.41, 5.74) is 26.9. The first-order chi connectivity index (χ1) is 33.7. The summed E-state index contributed by atoms with van der Waals surface area (Å²) in [6.45, 7) is 38.2. The Morgan fingerprint density at radius 3 is 1.62 bits per heavy atom. The second-order valence-corrected chi connectivity index (χ2v) is 27.3. The van der Waals surface area contributed by atoms with Gasteiger partial charge in [-0.25, -0.2) is 0 Å². The first-order valence-corrected chi connectivity index (χ1v) is 27.0. The van der Waals surface area contributed by atoms with Crippen molar-refractivity contribution in [2.45, 2.75) is 169 Å². The van der Waals surface area contributed by atoms with Gasteiger partial charge in [0.05, 0.1) is 11.4 Å². The Hall–Kier alpha value is -6.00. The first-order valence-electron chi connectivity index (χ1n) is 27.0. The summed E-state index contributed by atoms with van der Waals surface area (Å²) in [7, 11) is 0. The van der Waals surface area contributed by atoms with Gasteiger partial charge < -0.3 is 14.2 Å². The number of benzene rings is 7. The molecule has 4 aliphatic rings. The molecule has 2 aliphatic heterocycles. The lowest BCUT2D eigenvalue weighted by Crippen LogP contribution is -2.61. The van der Waals surface area contributed by atoms with Gasteiger partial charge >= 0.3 is 0 Å². The Kier molecular flexibility index (Phi) is 9.98. The number of hydrogen-bond acceptors (Lipinski definition) is 3. The van der Waals surface area contributed by atoms with E-state index in [9.17, 15) is 0 Å². The van der Waals surface area contributed by atoms with E-state index >= 15 is 0 Å². The van der Waals surface area contributed by atoms with Crippen molar-refractivity contribution < 1.29 is 4.42 Å². The maximum absolute atomic E-state index is 7.55. The molecule has 1 aromatic heterocycles. The number of furan rings is 1. The molecule has 2 aliphatic carbocycles. The topological polar surface area (TPSA) is 19.6 Å². The molecule has 8 aromatic rings. The fraction of sp³-hybridized carbons (Fsp3) is 0.382. The van der Waals surface area contributed by atoms with Crippen molar-refractivity contribution in [3.05, 3.63) is 160 Å². The Morgan fingerprint density at radius 2 is 1.01 bits per heavy atom. The summed E-state index contributed by atoms with van der Waals surface area (Å²) in [6, 6.07) is 45.7. The van der Waals surface area contributed by atoms with Crippen LogP contribution in [0.4, 0.5) is 34.1 Å². The molecule has 0 saturated heterocycles. The zero-order valence-corrected chi connectivity index (χ0v) is 46.2. The standard InChI is InChI=1S/C68H75BN2O/c1-40-32-57-60-58(33-40)71(54-26-22-43(63(3,4)5)35-46(54)42-20-18-17-19-21-42)61-52(25-24-45-47-37-49-51(39-59(47)72-62(45)61)68(15,16)31-29-66(49,11)12)69(60)53-36-44(64(6,7)8)23-27-55(53)70(57)56-38-50-48(34-41(56)2)65(9,10)28-30-67(50,13)14/h17-27,32-39H,28-31H2,1-16H3. The second-order valence-electron chi connectivity index (χ2n) is 27.3. The van der Waals surface area contributed by atoms with E-state index < -0.39 is 0 Å². The number of hydrogen-bond donors (Lipinski definition) is 0. The minimum Gasteiger partial charge on any atom is -0.454 e. The summed E-state index contributed by atoms with van der Waals surface area (Å²) in [5.74, 6) is 0. The Morgan fingerprint density at radius 1 is 0.472 bits per heavy atom. The van der Waals surface area contributed by atoms with Crippen LogP contribution >= 0.6 is 0 Å². The molecule has 0 N–H and O–H groups in total. The van der Waals surface area contributed by atoms with Crippen LogP contribution in [0.15, 0.2) is 120 Å². The fourth-order valence-electron chi connectivity index (χ4n) is 13.5. The van der Waals surface area contributed by atoms with Gasteiger partial charge in [0.1, 0.15) is 5.58 Å². The molecule has 0 radical (unpaired) electrons. The highest BCUT2D eigenvalue weighted by Gasteiger charge is 2.47. The molecule has 0 unspecified atom stereocenters. The van der Waals surface area contributed by atoms with E-state index in [1.165, 1.54) is 118 Å². The van der Waals surface area contributed by atoms with Crippen molar-refractivity contribution in [3.63, 3.8) is 0 Å². The Balaban J connectivity index is 1.22. The molecule has 0 bridgehead atoms. The van der Waals surface area contributed by atoms with Crippen molar-refractivity contribution in [1.29, 1.82) is 0 Å². The zero-order valence-electron chi connectivity index (χ0n) is 46.2. The highest BCUT2D eigenvalue weighted by atomic mass is 16.3. The molecule has 0 fully saturated rings. The van der Waals surface area contributed by atoms with Crippen LogP contribution in [0.2, 0.25) is 0 Å². The molecular formula is C68H75BN2O. The van der Waals surface area contributed by atoms with E-state index in [0.717, 1.165) is 35.4 Å². The predicted octanol–water partition coefficient (Wildman–Crippen LogP) is 17.2. The minimum absolute atomic E-state index is 0.0480. The van der Waals surface area contributed by atoms with Crippen molar-refractivity contribution in [2.75, 3.05) is 9.80 Å². The van der Waals surface area contributed by atoms with Crippen molar-refractivity contribution in [1.82, 2.24) is 0 Å². The zero-order chi connectivity index (χ0) is 51.0. The normalized spacial score (nSPS) is 18.1. The van der Waals surface area contributed by atoms with Gasteiger partial charge in [-0.1, -0.05) is 164 Å². The summed E-state index contributed by atoms with van der Waals surface area (Å²) in [4.78, 5) is 5.29. The molecule has 3 heterocycles. The highest BCUT2D eigenvalue weighted by Crippen LogP contribution is 2.54. The van der Waals surface area contributed by atoms with Gasteiger partial charge in [0.25, 0.3) is 6.71 Å². The van der Waals surface area contributed by atoms with Gasteiger partial charge in [-0.3, -0.25) is 0 Å². The average Bonchev–Trinajstić information content (AvgIpc) is 3.69. The highest BCUT2D eigenvalue weighted by molar-refractivity contribution is 7.00. The van der Waals surface area contributed by atoms with Gasteiger partial charge in [-0.05, 0) is 187 Å². The molecule has 12 rings (SSSR count). The number of nitrogens with zero attached hydrogens (tertiary/aromatic N) is 2. The van der Waals surface area contributed by atoms with E-state index in [1.807, 2.05) is 0 Å². The number of fused-ring (bicyclic) bond motifs is 10. The van der Waals surface area contributed by atoms with Crippen LogP contribution in [0.1, 0.15) is 167 Å². The second kappa shape index (κ2) is 15.3. The molecular weight excluding hydrogens is 872 g/mol. The van der Waals surface area contributed by atoms with E-state index in [2.05, 4.69) is 236 Å². The SMILES string of the molecule is Cc1cc2c3c(c1)N(c1ccc(C(C)(C)C)cc1-c1ccccc1)c1c(ccc4c1oc1cc5c(cc14)C(C)(C)CCC5(C)C)B3c1cc(C(C)(C)C)ccc1N2c1cc2c(cc1C)C(C)(C)CCC2(C)C. The lowest BCUT2D eigenvalue weighted by molar-refractivity contribution is 0.332. The van der Waals surface area contributed by atoms with E-state index in [-0.39, 0.29) is 39.2 Å². The molecule has 366 valence electrons. The van der Waals surface area contributed by atoms with Crippen LogP contribution in [0.3, 0.4) is 0 Å². The summed E-state index contributed by atoms with van der Waals surface area (Å²) < 4.78 is 7.55. The summed E-state index contributed by atoms with van der Waals surface area (Å²) in [6.07, 6.45) is 4.68. The molecule has 0 amide bonds. The number of rotatable bonds is 3. The largest absolute Gasteiger partial charge is 0.454 e. The van der Waals surface area contributed by atoms with Gasteiger partial charge in [0.15, 0.2) is 5.58 Å². The monoisotopic (exact) mass is 947 g/mol. The Bertz CT molecular complexity index is 3590. The minimum atomic E-state index is -0.0557. The molecule has 0 atom stereocenters. The number of aryl methyl sites for hydroxylation is 2. The van der Waals surface area contributed by atoms with Crippen LogP contribution in [0, 0.1) is 13.8 Å². The predicted molar refractivity (Wildman–Crippen MR) is 311 cm³/mol. The fourth-order valence-corrected chi connectivity index (χ4v) is 13.5.